The van der Waals surface area contributed by atoms with E-state index in [0.717, 1.165) is 16.8 Å². The molecule has 5 nitrogen and oxygen atoms in total. The monoisotopic (exact) mass is 351 g/mol. The van der Waals surface area contributed by atoms with Gasteiger partial charge >= 0.3 is 0 Å². The summed E-state index contributed by atoms with van der Waals surface area (Å²) in [6.45, 7) is 1.86. The number of hydroxylamine groups is 1. The topological polar surface area (TPSA) is 78.0 Å². The Hall–Kier alpha value is -2.99. The highest BCUT2D eigenvalue weighted by molar-refractivity contribution is 5.84. The maximum atomic E-state index is 14.7. The molecule has 26 heavy (non-hydrogen) atoms. The van der Waals surface area contributed by atoms with Gasteiger partial charge in [-0.25, -0.2) is 14.9 Å². The molecular weight excluding hydrogens is 333 g/mol. The van der Waals surface area contributed by atoms with E-state index in [2.05, 4.69) is 9.97 Å². The second-order valence-electron chi connectivity index (χ2n) is 6.62. The Bertz CT molecular complexity index is 955. The van der Waals surface area contributed by atoms with Crippen LogP contribution in [0.1, 0.15) is 28.7 Å². The van der Waals surface area contributed by atoms with Crippen molar-refractivity contribution in [3.05, 3.63) is 77.4 Å². The van der Waals surface area contributed by atoms with Gasteiger partial charge in [0, 0.05) is 23.7 Å². The predicted molar refractivity (Wildman–Crippen MR) is 94.1 cm³/mol. The number of nitrogens with zero attached hydrogens (tertiary/aromatic N) is 1. The summed E-state index contributed by atoms with van der Waals surface area (Å²) in [6.07, 6.45) is 1.65. The molecule has 1 aliphatic rings. The molecule has 0 bridgehead atoms. The zero-order chi connectivity index (χ0) is 18.3. The Morgan fingerprint density at radius 2 is 1.88 bits per heavy atom. The van der Waals surface area contributed by atoms with E-state index < -0.39 is 17.6 Å². The van der Waals surface area contributed by atoms with Crippen LogP contribution in [0.15, 0.2) is 54.7 Å². The zero-order valence-electron chi connectivity index (χ0n) is 14.1. The van der Waals surface area contributed by atoms with E-state index in [1.165, 1.54) is 6.07 Å². The SMILES string of the molecule is Cc1cnc(-c2ccc([C@H]3[C@H](C(=O)NO)[C@@H]3c3ccccc3)cc2F)[nH]1. The normalized spacial score (nSPS) is 21.4. The Morgan fingerprint density at radius 1 is 1.15 bits per heavy atom. The van der Waals surface area contributed by atoms with Gasteiger partial charge in [-0.3, -0.25) is 10.0 Å². The van der Waals surface area contributed by atoms with E-state index in [1.807, 2.05) is 43.3 Å². The number of H-pyrrole nitrogens is 1. The number of carbonyl (C=O) groups is 1. The Morgan fingerprint density at radius 3 is 2.50 bits per heavy atom. The van der Waals surface area contributed by atoms with E-state index >= 15 is 0 Å². The van der Waals surface area contributed by atoms with Crippen molar-refractivity contribution in [3.63, 3.8) is 0 Å². The molecule has 3 aromatic rings. The summed E-state index contributed by atoms with van der Waals surface area (Å²) in [5.41, 5.74) is 4.71. The first-order valence-electron chi connectivity index (χ1n) is 8.40. The van der Waals surface area contributed by atoms with Crippen molar-refractivity contribution in [2.75, 3.05) is 0 Å². The lowest BCUT2D eigenvalue weighted by Crippen LogP contribution is -2.21. The molecule has 132 valence electrons. The molecule has 1 heterocycles. The molecule has 3 atom stereocenters. The number of rotatable bonds is 4. The van der Waals surface area contributed by atoms with Crippen molar-refractivity contribution in [2.45, 2.75) is 18.8 Å². The number of aryl methyl sites for hydroxylation is 1. The van der Waals surface area contributed by atoms with Crippen molar-refractivity contribution in [3.8, 4) is 11.4 Å². The van der Waals surface area contributed by atoms with Crippen LogP contribution in [0.5, 0.6) is 0 Å². The average molecular weight is 351 g/mol. The Balaban J connectivity index is 1.67. The molecule has 1 aromatic heterocycles. The summed E-state index contributed by atoms with van der Waals surface area (Å²) < 4.78 is 14.7. The largest absolute Gasteiger partial charge is 0.342 e. The van der Waals surface area contributed by atoms with Gasteiger partial charge in [-0.05, 0) is 30.2 Å². The maximum Gasteiger partial charge on any atom is 0.247 e. The summed E-state index contributed by atoms with van der Waals surface area (Å²) in [5.74, 6) is -1.04. The minimum atomic E-state index is -0.449. The van der Waals surface area contributed by atoms with E-state index in [4.69, 9.17) is 5.21 Å². The first-order valence-corrected chi connectivity index (χ1v) is 8.40. The fraction of sp³-hybridized carbons (Fsp3) is 0.200. The minimum Gasteiger partial charge on any atom is -0.342 e. The first kappa shape index (κ1) is 16.5. The molecule has 0 unspecified atom stereocenters. The van der Waals surface area contributed by atoms with Crippen LogP contribution in [0.25, 0.3) is 11.4 Å². The van der Waals surface area contributed by atoms with Gasteiger partial charge in [0.2, 0.25) is 5.91 Å². The van der Waals surface area contributed by atoms with E-state index in [0.29, 0.717) is 11.4 Å². The maximum absolute atomic E-state index is 14.7. The molecule has 1 amide bonds. The number of hydrogen-bond acceptors (Lipinski definition) is 3. The van der Waals surface area contributed by atoms with Crippen LogP contribution in [0.4, 0.5) is 4.39 Å². The molecule has 1 aliphatic carbocycles. The van der Waals surface area contributed by atoms with Gasteiger partial charge in [0.1, 0.15) is 11.6 Å². The van der Waals surface area contributed by atoms with Crippen LogP contribution in [0, 0.1) is 18.7 Å². The van der Waals surface area contributed by atoms with Crippen LogP contribution >= 0.6 is 0 Å². The molecule has 0 radical (unpaired) electrons. The fourth-order valence-corrected chi connectivity index (χ4v) is 3.70. The number of aromatic amines is 1. The highest BCUT2D eigenvalue weighted by Gasteiger charge is 2.56. The summed E-state index contributed by atoms with van der Waals surface area (Å²) in [7, 11) is 0. The van der Waals surface area contributed by atoms with Crippen LogP contribution in [0.3, 0.4) is 0 Å². The van der Waals surface area contributed by atoms with E-state index in [-0.39, 0.29) is 11.8 Å². The molecular formula is C20H18FN3O2. The molecule has 2 aromatic carbocycles. The van der Waals surface area contributed by atoms with Crippen LogP contribution in [0.2, 0.25) is 0 Å². The Labute approximate surface area is 149 Å². The quantitative estimate of drug-likeness (QED) is 0.497. The van der Waals surface area contributed by atoms with E-state index in [9.17, 15) is 9.18 Å². The third-order valence-corrected chi connectivity index (χ3v) is 4.95. The molecule has 4 rings (SSSR count). The second-order valence-corrected chi connectivity index (χ2v) is 6.62. The van der Waals surface area contributed by atoms with Gasteiger partial charge in [0.05, 0.1) is 11.5 Å². The molecule has 0 aliphatic heterocycles. The number of benzene rings is 2. The second kappa shape index (κ2) is 6.38. The lowest BCUT2D eigenvalue weighted by molar-refractivity contribution is -0.130. The Kier molecular flexibility index (Phi) is 4.05. The van der Waals surface area contributed by atoms with Gasteiger partial charge in [-0.1, -0.05) is 36.4 Å². The van der Waals surface area contributed by atoms with Gasteiger partial charge in [0.25, 0.3) is 0 Å². The molecule has 3 N–H and O–H groups in total. The van der Waals surface area contributed by atoms with Crippen LogP contribution in [-0.4, -0.2) is 21.1 Å². The lowest BCUT2D eigenvalue weighted by atomic mass is 10.0. The average Bonchev–Trinajstić information content (AvgIpc) is 3.27. The summed E-state index contributed by atoms with van der Waals surface area (Å²) in [5, 5.41) is 9.04. The molecule has 0 spiro atoms. The van der Waals surface area contributed by atoms with Crippen LogP contribution in [-0.2, 0) is 4.79 Å². The van der Waals surface area contributed by atoms with Crippen molar-refractivity contribution in [1.82, 2.24) is 15.4 Å². The number of aromatic nitrogens is 2. The van der Waals surface area contributed by atoms with Gasteiger partial charge in [-0.2, -0.15) is 0 Å². The summed E-state index contributed by atoms with van der Waals surface area (Å²) in [6, 6.07) is 14.6. The zero-order valence-corrected chi connectivity index (χ0v) is 14.1. The number of carbonyl (C=O) groups excluding carboxylic acids is 1. The minimum absolute atomic E-state index is 0.0838. The highest BCUT2D eigenvalue weighted by atomic mass is 19.1. The first-order chi connectivity index (χ1) is 12.6. The smallest absolute Gasteiger partial charge is 0.247 e. The van der Waals surface area contributed by atoms with Gasteiger partial charge < -0.3 is 4.98 Å². The number of halogens is 1. The number of imidazole rings is 1. The highest BCUT2D eigenvalue weighted by Crippen LogP contribution is 2.60. The summed E-state index contributed by atoms with van der Waals surface area (Å²) in [4.78, 5) is 19.2. The van der Waals surface area contributed by atoms with Crippen molar-refractivity contribution >= 4 is 5.91 Å². The molecule has 1 fully saturated rings. The van der Waals surface area contributed by atoms with Gasteiger partial charge in [0.15, 0.2) is 0 Å². The number of nitrogens with one attached hydrogen (secondary N) is 2. The number of hydrogen-bond donors (Lipinski definition) is 3. The van der Waals surface area contributed by atoms with Crippen LogP contribution < -0.4 is 5.48 Å². The third-order valence-electron chi connectivity index (χ3n) is 4.95. The molecule has 0 saturated heterocycles. The standard InChI is InChI=1S/C20H18FN3O2/c1-11-10-22-19(23-11)14-8-7-13(9-15(14)21)17-16(18(17)20(25)24-26)12-5-3-2-4-6-12/h2-10,16-18,26H,1H3,(H,22,23)(H,24,25)/t16-,17-,18-/m1/s1. The fourth-order valence-electron chi connectivity index (χ4n) is 3.70. The third kappa shape index (κ3) is 2.78. The van der Waals surface area contributed by atoms with Gasteiger partial charge in [-0.15, -0.1) is 0 Å². The predicted octanol–water partition coefficient (Wildman–Crippen LogP) is 3.53. The number of amides is 1. The lowest BCUT2D eigenvalue weighted by Gasteiger charge is -2.05. The van der Waals surface area contributed by atoms with E-state index in [1.54, 1.807) is 17.7 Å². The van der Waals surface area contributed by atoms with Crippen molar-refractivity contribution in [2.24, 2.45) is 5.92 Å². The molecule has 6 heteroatoms. The molecule has 1 saturated carbocycles. The summed E-state index contributed by atoms with van der Waals surface area (Å²) >= 11 is 0. The van der Waals surface area contributed by atoms with Crippen molar-refractivity contribution in [1.29, 1.82) is 0 Å². The van der Waals surface area contributed by atoms with Crippen molar-refractivity contribution < 1.29 is 14.4 Å².